The molecule has 81 valence electrons. The summed E-state index contributed by atoms with van der Waals surface area (Å²) in [6.07, 6.45) is 15.6. The molecule has 0 aromatic rings. The van der Waals surface area contributed by atoms with Crippen LogP contribution in [0.3, 0.4) is 0 Å². The van der Waals surface area contributed by atoms with Crippen molar-refractivity contribution in [3.8, 4) is 0 Å². The lowest BCUT2D eigenvalue weighted by Gasteiger charge is -2.33. The molecule has 0 spiro atoms. The Labute approximate surface area is 92.8 Å². The molecule has 15 heavy (non-hydrogen) atoms. The average Bonchev–Trinajstić information content (AvgIpc) is 2.80. The highest BCUT2D eigenvalue weighted by atomic mass is 16.1. The number of nitrogens with one attached hydrogen (secondary N) is 1. The van der Waals surface area contributed by atoms with Gasteiger partial charge in [0, 0.05) is 12.0 Å². The van der Waals surface area contributed by atoms with Crippen molar-refractivity contribution in [1.29, 1.82) is 0 Å². The Morgan fingerprint density at radius 1 is 1.20 bits per heavy atom. The fourth-order valence-corrected chi connectivity index (χ4v) is 2.64. The van der Waals surface area contributed by atoms with Gasteiger partial charge in [0.25, 0.3) is 0 Å². The lowest BCUT2D eigenvalue weighted by atomic mass is 9.78. The van der Waals surface area contributed by atoms with Crippen molar-refractivity contribution in [2.24, 2.45) is 5.92 Å². The third-order valence-corrected chi connectivity index (χ3v) is 3.42. The second-order valence-electron chi connectivity index (χ2n) is 4.38. The van der Waals surface area contributed by atoms with Crippen LogP contribution in [0.15, 0.2) is 0 Å². The molecule has 2 saturated carbocycles. The van der Waals surface area contributed by atoms with Crippen LogP contribution in [0.25, 0.3) is 0 Å². The summed E-state index contributed by atoms with van der Waals surface area (Å²) in [7, 11) is 0. The minimum atomic E-state index is 0.234. The molecular formula is C13H18NO. The van der Waals surface area contributed by atoms with E-state index in [9.17, 15) is 4.79 Å². The zero-order chi connectivity index (χ0) is 10.5. The second kappa shape index (κ2) is 5.53. The van der Waals surface area contributed by atoms with Gasteiger partial charge in [-0.3, -0.25) is 4.79 Å². The van der Waals surface area contributed by atoms with Crippen molar-refractivity contribution < 1.29 is 4.79 Å². The molecule has 0 aromatic carbocycles. The van der Waals surface area contributed by atoms with E-state index in [0.717, 1.165) is 6.41 Å². The first-order valence-corrected chi connectivity index (χ1v) is 5.83. The van der Waals surface area contributed by atoms with E-state index in [1.165, 1.54) is 38.0 Å². The molecule has 0 aromatic heterocycles. The Kier molecular flexibility index (Phi) is 4.04. The highest BCUT2D eigenvalue weighted by Crippen LogP contribution is 2.35. The molecule has 0 bridgehead atoms. The molecule has 0 saturated heterocycles. The number of carbonyl (C=O) groups is 1. The maximum atomic E-state index is 10.6. The summed E-state index contributed by atoms with van der Waals surface area (Å²) in [6.45, 7) is 0. The van der Waals surface area contributed by atoms with Crippen molar-refractivity contribution in [1.82, 2.24) is 5.32 Å². The summed E-state index contributed by atoms with van der Waals surface area (Å²) in [5, 5.41) is 2.97. The summed E-state index contributed by atoms with van der Waals surface area (Å²) in [4.78, 5) is 10.6. The summed E-state index contributed by atoms with van der Waals surface area (Å²) < 4.78 is 0. The van der Waals surface area contributed by atoms with Gasteiger partial charge in [0.15, 0.2) is 0 Å². The fourth-order valence-electron chi connectivity index (χ4n) is 2.64. The molecular weight excluding hydrogens is 186 g/mol. The Morgan fingerprint density at radius 2 is 1.87 bits per heavy atom. The number of carbonyl (C=O) groups excluding carboxylic acids is 1. The first-order valence-electron chi connectivity index (χ1n) is 5.83. The van der Waals surface area contributed by atoms with Crippen LogP contribution < -0.4 is 5.32 Å². The third kappa shape index (κ3) is 2.73. The minimum absolute atomic E-state index is 0.234. The summed E-state index contributed by atoms with van der Waals surface area (Å²) >= 11 is 0. The normalized spacial score (nSPS) is 26.4. The first kappa shape index (κ1) is 11.0. The molecule has 2 aliphatic carbocycles. The van der Waals surface area contributed by atoms with Gasteiger partial charge in [-0.15, -0.1) is 0 Å². The highest BCUT2D eigenvalue weighted by molar-refractivity contribution is 5.50. The van der Waals surface area contributed by atoms with Gasteiger partial charge in [-0.25, -0.2) is 0 Å². The van der Waals surface area contributed by atoms with Crippen LogP contribution in [-0.2, 0) is 4.79 Å². The van der Waals surface area contributed by atoms with E-state index in [0.29, 0.717) is 5.92 Å². The van der Waals surface area contributed by atoms with Crippen molar-refractivity contribution in [2.75, 3.05) is 0 Å². The molecule has 2 nitrogen and oxygen atoms in total. The zero-order valence-corrected chi connectivity index (χ0v) is 8.99. The highest BCUT2D eigenvalue weighted by Gasteiger charge is 2.32. The molecule has 1 N–H and O–H groups in total. The van der Waals surface area contributed by atoms with Crippen LogP contribution >= 0.6 is 0 Å². The Hall–Kier alpha value is -0.530. The molecule has 0 aliphatic heterocycles. The number of hydrogen-bond donors (Lipinski definition) is 1. The molecule has 5 radical (unpaired) electrons. The van der Waals surface area contributed by atoms with Crippen LogP contribution in [0.4, 0.5) is 0 Å². The van der Waals surface area contributed by atoms with E-state index in [1.54, 1.807) is 0 Å². The Bertz CT molecular complexity index is 193. The van der Waals surface area contributed by atoms with Gasteiger partial charge in [-0.05, 0) is 44.4 Å². The van der Waals surface area contributed by atoms with Gasteiger partial charge in [0.2, 0.25) is 6.41 Å². The lowest BCUT2D eigenvalue weighted by molar-refractivity contribution is -0.110. The van der Waals surface area contributed by atoms with Gasteiger partial charge in [0.1, 0.15) is 0 Å². The van der Waals surface area contributed by atoms with Gasteiger partial charge in [0.05, 0.1) is 0 Å². The topological polar surface area (TPSA) is 29.1 Å². The molecule has 2 aliphatic rings. The van der Waals surface area contributed by atoms with Crippen LogP contribution in [0.1, 0.15) is 32.1 Å². The predicted molar refractivity (Wildman–Crippen MR) is 60.0 cm³/mol. The monoisotopic (exact) mass is 204 g/mol. The second-order valence-corrected chi connectivity index (χ2v) is 4.38. The van der Waals surface area contributed by atoms with Crippen LogP contribution in [0.5, 0.6) is 0 Å². The largest absolute Gasteiger partial charge is 0.355 e. The van der Waals surface area contributed by atoms with Gasteiger partial charge < -0.3 is 5.32 Å². The predicted octanol–water partition coefficient (Wildman–Crippen LogP) is 2.09. The average molecular weight is 204 g/mol. The maximum absolute atomic E-state index is 10.6. The molecule has 1 amide bonds. The fraction of sp³-hybridized carbons (Fsp3) is 0.538. The van der Waals surface area contributed by atoms with Crippen molar-refractivity contribution >= 4 is 6.41 Å². The van der Waals surface area contributed by atoms with Gasteiger partial charge in [-0.2, -0.15) is 0 Å². The van der Waals surface area contributed by atoms with E-state index in [1.807, 2.05) is 12.8 Å². The molecule has 0 heterocycles. The standard InChI is InChI=1S/C13H18NO/c15-10-14-13(12-8-4-5-9-12)11-6-2-1-3-7-11/h4-5,8-11,13H,1-3,6-7H2,(H,14,15). The molecule has 1 unspecified atom stereocenters. The SMILES string of the molecule is O=CNC([C]1[CH][CH][CH][CH]1)C1CCCCC1. The number of hydrogen-bond acceptors (Lipinski definition) is 1. The van der Waals surface area contributed by atoms with Crippen molar-refractivity contribution in [3.63, 3.8) is 0 Å². The van der Waals surface area contributed by atoms with Crippen LogP contribution in [-0.4, -0.2) is 12.5 Å². The maximum Gasteiger partial charge on any atom is 0.207 e. The van der Waals surface area contributed by atoms with Crippen molar-refractivity contribution in [2.45, 2.75) is 38.1 Å². The quantitative estimate of drug-likeness (QED) is 0.698. The van der Waals surface area contributed by atoms with Crippen LogP contribution in [0, 0.1) is 37.5 Å². The Morgan fingerprint density at radius 3 is 2.47 bits per heavy atom. The smallest absolute Gasteiger partial charge is 0.207 e. The van der Waals surface area contributed by atoms with Gasteiger partial charge >= 0.3 is 0 Å². The van der Waals surface area contributed by atoms with Crippen molar-refractivity contribution in [3.05, 3.63) is 31.6 Å². The van der Waals surface area contributed by atoms with E-state index < -0.39 is 0 Å². The lowest BCUT2D eigenvalue weighted by Crippen LogP contribution is -2.41. The molecule has 2 fully saturated rings. The number of rotatable bonds is 4. The van der Waals surface area contributed by atoms with Gasteiger partial charge in [-0.1, -0.05) is 19.3 Å². The van der Waals surface area contributed by atoms with E-state index in [2.05, 4.69) is 18.2 Å². The third-order valence-electron chi connectivity index (χ3n) is 3.42. The summed E-state index contributed by atoms with van der Waals surface area (Å²) in [5.41, 5.74) is 0. The zero-order valence-electron chi connectivity index (χ0n) is 8.99. The first-order chi connectivity index (χ1) is 7.42. The van der Waals surface area contributed by atoms with Crippen LogP contribution in [0.2, 0.25) is 0 Å². The molecule has 1 atom stereocenters. The molecule has 2 rings (SSSR count). The molecule has 2 heteroatoms. The summed E-state index contributed by atoms with van der Waals surface area (Å²) in [6, 6.07) is 0.234. The van der Waals surface area contributed by atoms with E-state index >= 15 is 0 Å². The van der Waals surface area contributed by atoms with E-state index in [4.69, 9.17) is 0 Å². The minimum Gasteiger partial charge on any atom is -0.355 e. The Balaban J connectivity index is 1.93. The van der Waals surface area contributed by atoms with E-state index in [-0.39, 0.29) is 6.04 Å². The number of amides is 1. The summed E-state index contributed by atoms with van der Waals surface area (Å²) in [5.74, 6) is 1.89.